The third-order valence-corrected chi connectivity index (χ3v) is 5.16. The van der Waals surface area contributed by atoms with E-state index in [1.54, 1.807) is 0 Å². The van der Waals surface area contributed by atoms with Crippen molar-refractivity contribution in [3.63, 3.8) is 0 Å². The van der Waals surface area contributed by atoms with Crippen LogP contribution in [-0.2, 0) is 6.42 Å². The van der Waals surface area contributed by atoms with E-state index in [2.05, 4.69) is 24.5 Å². The lowest BCUT2D eigenvalue weighted by Crippen LogP contribution is -2.37. The molecule has 0 aliphatic heterocycles. The number of thiophene rings is 1. The average Bonchev–Trinajstić information content (AvgIpc) is 2.88. The third-order valence-electron chi connectivity index (χ3n) is 3.78. The molecule has 1 fully saturated rings. The van der Waals surface area contributed by atoms with E-state index in [4.69, 9.17) is 11.6 Å². The molecule has 1 aliphatic carbocycles. The molecule has 0 radical (unpaired) electrons. The highest BCUT2D eigenvalue weighted by atomic mass is 35.5. The quantitative estimate of drug-likeness (QED) is 0.831. The molecule has 1 heterocycles. The van der Waals surface area contributed by atoms with Gasteiger partial charge in [0.05, 0.1) is 5.02 Å². The fourth-order valence-electron chi connectivity index (χ4n) is 2.75. The Morgan fingerprint density at radius 3 is 2.65 bits per heavy atom. The zero-order valence-electron chi connectivity index (χ0n) is 10.8. The van der Waals surface area contributed by atoms with Crippen LogP contribution in [0.2, 0.25) is 5.02 Å². The normalized spacial score (nSPS) is 19.1. The second kappa shape index (κ2) is 5.73. The molecule has 1 N–H and O–H groups in total. The molecule has 3 heteroatoms. The van der Waals surface area contributed by atoms with Gasteiger partial charge in [0.2, 0.25) is 0 Å². The molecule has 1 aromatic rings. The first-order valence-electron chi connectivity index (χ1n) is 6.57. The van der Waals surface area contributed by atoms with E-state index >= 15 is 0 Å². The van der Waals surface area contributed by atoms with E-state index in [0.717, 1.165) is 18.0 Å². The van der Waals surface area contributed by atoms with Gasteiger partial charge in [-0.2, -0.15) is 0 Å². The van der Waals surface area contributed by atoms with Gasteiger partial charge < -0.3 is 5.32 Å². The summed E-state index contributed by atoms with van der Waals surface area (Å²) in [6.45, 7) is 5.58. The third kappa shape index (κ3) is 3.46. The second-order valence-electron chi connectivity index (χ2n) is 5.61. The van der Waals surface area contributed by atoms with Crippen molar-refractivity contribution in [2.24, 2.45) is 5.41 Å². The monoisotopic (exact) mass is 271 g/mol. The maximum absolute atomic E-state index is 6.23. The second-order valence-corrected chi connectivity index (χ2v) is 7.02. The van der Waals surface area contributed by atoms with Gasteiger partial charge in [-0.3, -0.25) is 0 Å². The van der Waals surface area contributed by atoms with E-state index < -0.39 is 0 Å². The van der Waals surface area contributed by atoms with Gasteiger partial charge in [0.1, 0.15) is 0 Å². The molecule has 0 aromatic carbocycles. The van der Waals surface area contributed by atoms with Crippen LogP contribution < -0.4 is 5.32 Å². The molecule has 96 valence electrons. The fraction of sp³-hybridized carbons (Fsp3) is 0.714. The van der Waals surface area contributed by atoms with E-state index in [1.807, 2.05) is 17.4 Å². The molecule has 0 atom stereocenters. The summed E-state index contributed by atoms with van der Waals surface area (Å²) in [5.41, 5.74) is 0.457. The molecule has 1 aliphatic rings. The Kier molecular flexibility index (Phi) is 4.51. The zero-order valence-corrected chi connectivity index (χ0v) is 12.3. The highest BCUT2D eigenvalue weighted by Gasteiger charge is 2.34. The Balaban J connectivity index is 2.04. The van der Waals surface area contributed by atoms with Gasteiger partial charge >= 0.3 is 0 Å². The minimum absolute atomic E-state index is 0.457. The van der Waals surface area contributed by atoms with E-state index in [-0.39, 0.29) is 0 Å². The molecule has 1 aromatic heterocycles. The van der Waals surface area contributed by atoms with Crippen LogP contribution in [0.15, 0.2) is 11.4 Å². The molecular formula is C14H22ClNS. The van der Waals surface area contributed by atoms with Crippen LogP contribution in [0, 0.1) is 5.41 Å². The summed E-state index contributed by atoms with van der Waals surface area (Å²) in [5.74, 6) is 0. The van der Waals surface area contributed by atoms with E-state index in [1.165, 1.54) is 30.6 Å². The summed E-state index contributed by atoms with van der Waals surface area (Å²) in [6, 6.07) is 2.60. The van der Waals surface area contributed by atoms with Crippen molar-refractivity contribution >= 4 is 22.9 Å². The molecule has 0 amide bonds. The predicted octanol–water partition coefficient (Wildman–Crippen LogP) is 4.50. The lowest BCUT2D eigenvalue weighted by Gasteiger charge is -2.30. The van der Waals surface area contributed by atoms with Crippen molar-refractivity contribution in [3.8, 4) is 0 Å². The summed E-state index contributed by atoms with van der Waals surface area (Å²) >= 11 is 8.04. The van der Waals surface area contributed by atoms with Gasteiger partial charge in [-0.1, -0.05) is 38.3 Å². The lowest BCUT2D eigenvalue weighted by atomic mass is 9.82. The summed E-state index contributed by atoms with van der Waals surface area (Å²) in [7, 11) is 0. The summed E-state index contributed by atoms with van der Waals surface area (Å²) in [6.07, 6.45) is 6.61. The van der Waals surface area contributed by atoms with Crippen molar-refractivity contribution in [2.45, 2.75) is 52.0 Å². The maximum atomic E-state index is 6.23. The molecular weight excluding hydrogens is 250 g/mol. The first kappa shape index (κ1) is 13.4. The number of hydrogen-bond acceptors (Lipinski definition) is 2. The molecule has 17 heavy (non-hydrogen) atoms. The molecule has 0 saturated heterocycles. The highest BCUT2D eigenvalue weighted by molar-refractivity contribution is 7.10. The fourth-order valence-corrected chi connectivity index (χ4v) is 4.03. The molecule has 0 bridgehead atoms. The molecule has 1 nitrogen and oxygen atoms in total. The van der Waals surface area contributed by atoms with Gasteiger partial charge in [-0.15, -0.1) is 11.3 Å². The molecule has 0 spiro atoms. The highest BCUT2D eigenvalue weighted by Crippen LogP contribution is 2.42. The van der Waals surface area contributed by atoms with Gasteiger partial charge in [-0.25, -0.2) is 0 Å². The van der Waals surface area contributed by atoms with Crippen molar-refractivity contribution in [3.05, 3.63) is 21.3 Å². The van der Waals surface area contributed by atoms with Gasteiger partial charge in [0, 0.05) is 17.5 Å². The summed E-state index contributed by atoms with van der Waals surface area (Å²) in [5, 5.41) is 6.69. The first-order valence-corrected chi connectivity index (χ1v) is 7.82. The average molecular weight is 272 g/mol. The van der Waals surface area contributed by atoms with E-state index in [0.29, 0.717) is 11.5 Å². The zero-order chi connectivity index (χ0) is 12.3. The number of nitrogens with one attached hydrogen (secondary N) is 1. The first-order chi connectivity index (χ1) is 8.11. The molecule has 0 unspecified atom stereocenters. The standard InChI is InChI=1S/C14H22ClNS/c1-11(2)16-10-14(6-3-4-7-14)9-13-12(15)5-8-17-13/h5,8,11,16H,3-4,6-7,9-10H2,1-2H3. The van der Waals surface area contributed by atoms with Crippen LogP contribution >= 0.6 is 22.9 Å². The summed E-state index contributed by atoms with van der Waals surface area (Å²) in [4.78, 5) is 1.37. The predicted molar refractivity (Wildman–Crippen MR) is 77.1 cm³/mol. The summed E-state index contributed by atoms with van der Waals surface area (Å²) < 4.78 is 0. The topological polar surface area (TPSA) is 12.0 Å². The number of rotatable bonds is 5. The van der Waals surface area contributed by atoms with Gasteiger partial charge in [0.25, 0.3) is 0 Å². The van der Waals surface area contributed by atoms with Crippen molar-refractivity contribution in [1.29, 1.82) is 0 Å². The maximum Gasteiger partial charge on any atom is 0.0545 e. The van der Waals surface area contributed by atoms with Gasteiger partial charge in [0.15, 0.2) is 0 Å². The Labute approximate surface area is 114 Å². The van der Waals surface area contributed by atoms with Crippen LogP contribution in [0.5, 0.6) is 0 Å². The number of halogens is 1. The van der Waals surface area contributed by atoms with Crippen molar-refractivity contribution in [2.75, 3.05) is 6.54 Å². The van der Waals surface area contributed by atoms with Crippen LogP contribution in [0.25, 0.3) is 0 Å². The minimum atomic E-state index is 0.457. The van der Waals surface area contributed by atoms with Gasteiger partial charge in [-0.05, 0) is 36.1 Å². The SMILES string of the molecule is CC(C)NCC1(Cc2sccc2Cl)CCCC1. The van der Waals surface area contributed by atoms with Crippen molar-refractivity contribution < 1.29 is 0 Å². The van der Waals surface area contributed by atoms with Crippen LogP contribution in [0.1, 0.15) is 44.4 Å². The molecule has 2 rings (SSSR count). The van der Waals surface area contributed by atoms with Crippen LogP contribution in [-0.4, -0.2) is 12.6 Å². The Morgan fingerprint density at radius 2 is 2.12 bits per heavy atom. The smallest absolute Gasteiger partial charge is 0.0545 e. The Morgan fingerprint density at radius 1 is 1.41 bits per heavy atom. The van der Waals surface area contributed by atoms with Crippen LogP contribution in [0.4, 0.5) is 0 Å². The Bertz CT molecular complexity index is 353. The van der Waals surface area contributed by atoms with Crippen LogP contribution in [0.3, 0.4) is 0 Å². The van der Waals surface area contributed by atoms with E-state index in [9.17, 15) is 0 Å². The molecule has 1 saturated carbocycles. The largest absolute Gasteiger partial charge is 0.314 e. The number of hydrogen-bond donors (Lipinski definition) is 1. The Hall–Kier alpha value is -0.0500. The minimum Gasteiger partial charge on any atom is -0.314 e. The van der Waals surface area contributed by atoms with Crippen molar-refractivity contribution in [1.82, 2.24) is 5.32 Å². The lowest BCUT2D eigenvalue weighted by molar-refractivity contribution is 0.271.